The summed E-state index contributed by atoms with van der Waals surface area (Å²) in [6, 6.07) is 3.23. The first kappa shape index (κ1) is 14.8. The van der Waals surface area contributed by atoms with Crippen LogP contribution in [0.15, 0.2) is 24.8 Å². The number of methoxy groups -OCH3 is 1. The molecule has 2 aromatic rings. The first-order valence-corrected chi connectivity index (χ1v) is 6.40. The highest BCUT2D eigenvalue weighted by atomic mass is 16.5. The number of aryl methyl sites for hydroxylation is 2. The van der Waals surface area contributed by atoms with Crippen LogP contribution in [0.5, 0.6) is 0 Å². The molecule has 2 rings (SSSR count). The highest BCUT2D eigenvalue weighted by Crippen LogP contribution is 2.20. The van der Waals surface area contributed by atoms with Gasteiger partial charge in [0.1, 0.15) is 11.2 Å². The molecule has 0 aliphatic rings. The molecule has 0 aliphatic heterocycles. The van der Waals surface area contributed by atoms with Crippen LogP contribution in [0.2, 0.25) is 0 Å². The van der Waals surface area contributed by atoms with Crippen molar-refractivity contribution in [3.8, 4) is 0 Å². The maximum atomic E-state index is 12.5. The Morgan fingerprint density at radius 2 is 2.05 bits per heavy atom. The third-order valence-corrected chi connectivity index (χ3v) is 3.47. The summed E-state index contributed by atoms with van der Waals surface area (Å²) in [7, 11) is 1.17. The lowest BCUT2D eigenvalue weighted by Gasteiger charge is -2.18. The normalized spacial score (nSPS) is 10.6. The smallest absolute Gasteiger partial charge is 0.410 e. The van der Waals surface area contributed by atoms with Gasteiger partial charge in [-0.05, 0) is 31.0 Å². The van der Waals surface area contributed by atoms with Crippen LogP contribution in [-0.4, -0.2) is 17.8 Å². The van der Waals surface area contributed by atoms with Crippen molar-refractivity contribution in [3.05, 3.63) is 57.4 Å². The number of allylic oxidation sites excluding steroid dienone is 1. The second-order valence-electron chi connectivity index (χ2n) is 4.79. The zero-order valence-electron chi connectivity index (χ0n) is 12.2. The van der Waals surface area contributed by atoms with Crippen molar-refractivity contribution < 1.29 is 14.0 Å². The maximum Gasteiger partial charge on any atom is 0.410 e. The van der Waals surface area contributed by atoms with Gasteiger partial charge in [0, 0.05) is 17.4 Å². The Morgan fingerprint density at radius 3 is 2.62 bits per heavy atom. The Bertz CT molecular complexity index is 806. The molecule has 0 spiro atoms. The summed E-state index contributed by atoms with van der Waals surface area (Å²) in [5.41, 5.74) is 1.84. The minimum absolute atomic E-state index is 0.0302. The van der Waals surface area contributed by atoms with Gasteiger partial charge in [-0.15, -0.1) is 6.58 Å². The maximum absolute atomic E-state index is 12.5. The van der Waals surface area contributed by atoms with Crippen LogP contribution in [0.3, 0.4) is 0 Å². The standard InChI is InChI=1S/C15H16N2O4/c1-5-6-11-14(15(18)21-4)17(20)13-8-10(3)9(2)7-12(13)16(11)19/h5,7-8H,1,6H2,2-4H3. The molecule has 0 aliphatic carbocycles. The summed E-state index contributed by atoms with van der Waals surface area (Å²) in [5, 5.41) is 12.5. The molecule has 0 atom stereocenters. The SMILES string of the molecule is C=CCc1c(C(=O)OC)[n+](=O)c2cc(C)c(C)cc2n1[O-]. The van der Waals surface area contributed by atoms with Gasteiger partial charge in [-0.1, -0.05) is 6.08 Å². The number of aromatic nitrogens is 2. The number of ether oxygens (including phenoxy) is 1. The number of esters is 1. The molecule has 0 radical (unpaired) electrons. The quantitative estimate of drug-likeness (QED) is 0.492. The van der Waals surface area contributed by atoms with Crippen LogP contribution < -0.4 is 4.43 Å². The van der Waals surface area contributed by atoms with E-state index < -0.39 is 5.97 Å². The lowest BCUT2D eigenvalue weighted by molar-refractivity contribution is -0.469. The second-order valence-corrected chi connectivity index (χ2v) is 4.79. The lowest BCUT2D eigenvalue weighted by atomic mass is 10.1. The van der Waals surface area contributed by atoms with E-state index in [0.717, 1.165) is 11.1 Å². The van der Waals surface area contributed by atoms with Crippen molar-refractivity contribution in [2.45, 2.75) is 20.3 Å². The average molecular weight is 288 g/mol. The van der Waals surface area contributed by atoms with Crippen molar-refractivity contribution in [1.29, 1.82) is 0 Å². The van der Waals surface area contributed by atoms with Crippen LogP contribution in [0.25, 0.3) is 11.0 Å². The zero-order chi connectivity index (χ0) is 15.7. The number of hydrogen-bond donors (Lipinski definition) is 0. The minimum Gasteiger partial charge on any atom is -0.805 e. The minimum atomic E-state index is -0.841. The predicted octanol–water partition coefficient (Wildman–Crippen LogP) is 2.03. The fourth-order valence-electron chi connectivity index (χ4n) is 2.20. The number of hydrogen-bond acceptors (Lipinski definition) is 4. The van der Waals surface area contributed by atoms with Crippen LogP contribution >= 0.6 is 0 Å². The monoisotopic (exact) mass is 288 g/mol. The molecule has 1 aromatic heterocycles. The number of nitrogens with zero attached hydrogens (tertiary/aromatic N) is 2. The van der Waals surface area contributed by atoms with Crippen molar-refractivity contribution in [2.75, 3.05) is 7.11 Å². The van der Waals surface area contributed by atoms with Gasteiger partial charge in [-0.3, -0.25) is 0 Å². The summed E-state index contributed by atoms with van der Waals surface area (Å²) in [4.78, 5) is 24.3. The molecule has 0 unspecified atom stereocenters. The third kappa shape index (κ3) is 2.29. The summed E-state index contributed by atoms with van der Waals surface area (Å²) in [6.07, 6.45) is 1.56. The molecule has 21 heavy (non-hydrogen) atoms. The number of benzene rings is 1. The van der Waals surface area contributed by atoms with Gasteiger partial charge in [-0.25, -0.2) is 4.79 Å². The molecule has 0 saturated carbocycles. The lowest BCUT2D eigenvalue weighted by Crippen LogP contribution is -2.32. The molecule has 110 valence electrons. The van der Waals surface area contributed by atoms with Crippen molar-refractivity contribution >= 4 is 17.0 Å². The van der Waals surface area contributed by atoms with E-state index in [0.29, 0.717) is 9.16 Å². The summed E-state index contributed by atoms with van der Waals surface area (Å²) >= 11 is 0. The first-order valence-electron chi connectivity index (χ1n) is 6.40. The number of rotatable bonds is 3. The topological polar surface area (TPSA) is 77.3 Å². The zero-order valence-corrected chi connectivity index (χ0v) is 12.2. The molecule has 1 heterocycles. The molecule has 6 nitrogen and oxygen atoms in total. The van der Waals surface area contributed by atoms with Gasteiger partial charge in [0.05, 0.1) is 11.5 Å². The van der Waals surface area contributed by atoms with E-state index in [-0.39, 0.29) is 28.8 Å². The molecular formula is C15H16N2O4. The Kier molecular flexibility index (Phi) is 3.80. The predicted molar refractivity (Wildman–Crippen MR) is 78.8 cm³/mol. The van der Waals surface area contributed by atoms with Gasteiger partial charge >= 0.3 is 11.7 Å². The van der Waals surface area contributed by atoms with Crippen molar-refractivity contribution in [1.82, 2.24) is 4.73 Å². The van der Waals surface area contributed by atoms with E-state index in [1.807, 2.05) is 13.8 Å². The van der Waals surface area contributed by atoms with Gasteiger partial charge in [0.15, 0.2) is 0 Å². The average Bonchev–Trinajstić information content (AvgIpc) is 2.46. The Labute approximate surface area is 121 Å². The van der Waals surface area contributed by atoms with E-state index in [1.54, 1.807) is 12.1 Å². The Morgan fingerprint density at radius 1 is 1.43 bits per heavy atom. The van der Waals surface area contributed by atoms with Crippen LogP contribution in [0.4, 0.5) is 0 Å². The molecule has 0 amide bonds. The van der Waals surface area contributed by atoms with Crippen molar-refractivity contribution in [2.24, 2.45) is 0 Å². The highest BCUT2D eigenvalue weighted by Gasteiger charge is 2.29. The number of carbonyl (C=O) groups excluding carboxylic acids is 1. The fraction of sp³-hybridized carbons (Fsp3) is 0.267. The molecule has 0 saturated heterocycles. The van der Waals surface area contributed by atoms with Gasteiger partial charge < -0.3 is 14.7 Å². The van der Waals surface area contributed by atoms with E-state index in [4.69, 9.17) is 0 Å². The summed E-state index contributed by atoms with van der Waals surface area (Å²) in [5.74, 6) is -0.841. The molecule has 0 N–H and O–H groups in total. The second kappa shape index (κ2) is 5.40. The first-order chi connectivity index (χ1) is 9.92. The highest BCUT2D eigenvalue weighted by molar-refractivity contribution is 5.88. The summed E-state index contributed by atoms with van der Waals surface area (Å²) < 4.78 is 5.68. The van der Waals surface area contributed by atoms with Gasteiger partial charge in [-0.2, -0.15) is 0 Å². The van der Waals surface area contributed by atoms with E-state index >= 15 is 0 Å². The van der Waals surface area contributed by atoms with Crippen LogP contribution in [-0.2, 0) is 11.2 Å². The number of fused-ring (bicyclic) bond motifs is 1. The Balaban J connectivity index is 3.01. The molecule has 0 fully saturated rings. The van der Waals surface area contributed by atoms with E-state index in [9.17, 15) is 14.9 Å². The van der Waals surface area contributed by atoms with Crippen molar-refractivity contribution in [3.63, 3.8) is 0 Å². The fourth-order valence-corrected chi connectivity index (χ4v) is 2.20. The van der Waals surface area contributed by atoms with E-state index in [1.165, 1.54) is 13.2 Å². The van der Waals surface area contributed by atoms with Crippen LogP contribution in [0, 0.1) is 24.0 Å². The Hall–Kier alpha value is -2.63. The van der Waals surface area contributed by atoms with Crippen LogP contribution in [0.1, 0.15) is 27.3 Å². The largest absolute Gasteiger partial charge is 0.805 e. The van der Waals surface area contributed by atoms with Gasteiger partial charge in [0.25, 0.3) is 5.52 Å². The van der Waals surface area contributed by atoms with Gasteiger partial charge in [0.2, 0.25) is 0 Å². The third-order valence-electron chi connectivity index (χ3n) is 3.47. The molecule has 1 aromatic carbocycles. The van der Waals surface area contributed by atoms with E-state index in [2.05, 4.69) is 11.3 Å². The molecular weight excluding hydrogens is 272 g/mol. The molecule has 6 heteroatoms. The summed E-state index contributed by atoms with van der Waals surface area (Å²) in [6.45, 7) is 7.23. The molecule has 0 bridgehead atoms. The number of carbonyl (C=O) groups is 1.